The predicted molar refractivity (Wildman–Crippen MR) is 142 cm³/mol. The molecule has 38 heavy (non-hydrogen) atoms. The van der Waals surface area contributed by atoms with E-state index in [1.54, 1.807) is 7.11 Å². The van der Waals surface area contributed by atoms with Crippen LogP contribution in [-0.4, -0.2) is 115 Å². The van der Waals surface area contributed by atoms with Gasteiger partial charge in [-0.25, -0.2) is 9.63 Å². The molecule has 0 saturated carbocycles. The standard InChI is InChI=1S/C28H41N5O5/c1-37-33(24-11-20-38-21-12-24)18-16-31(17-19-33)27(35)7-6-26(34)30-13-9-23(10-14-30)32-15-8-22-4-2-3-5-25(22)29-28(32)36/h2-5,23-24H,6-21H2,1H3/p+1. The average molecular weight is 529 g/mol. The zero-order valence-corrected chi connectivity index (χ0v) is 22.6. The van der Waals surface area contributed by atoms with Crippen LogP contribution in [0.3, 0.4) is 0 Å². The SMILES string of the molecule is CO[N+]1(C2CCOCC2)CCN(C(=O)CCC(=O)N2CCC(N3CCc4ccccc4NC3=O)CC2)CC1. The van der Waals surface area contributed by atoms with Crippen molar-refractivity contribution in [3.05, 3.63) is 29.8 Å². The number of para-hydroxylation sites is 1. The Hall–Kier alpha value is -2.69. The van der Waals surface area contributed by atoms with Crippen molar-refractivity contribution < 1.29 is 28.6 Å². The quantitative estimate of drug-likeness (QED) is 0.572. The first kappa shape index (κ1) is 26.9. The van der Waals surface area contributed by atoms with Crippen LogP contribution < -0.4 is 5.32 Å². The van der Waals surface area contributed by atoms with Crippen molar-refractivity contribution in [3.63, 3.8) is 0 Å². The lowest BCUT2D eigenvalue weighted by Crippen LogP contribution is -2.65. The highest BCUT2D eigenvalue weighted by Gasteiger charge is 2.43. The number of hydrogen-bond donors (Lipinski definition) is 1. The topological polar surface area (TPSA) is 91.4 Å². The number of quaternary nitrogens is 1. The summed E-state index contributed by atoms with van der Waals surface area (Å²) >= 11 is 0. The Kier molecular flexibility index (Phi) is 8.50. The molecule has 10 heteroatoms. The lowest BCUT2D eigenvalue weighted by molar-refractivity contribution is -1.12. The number of hydroxylamine groups is 3. The number of carbonyl (C=O) groups is 3. The van der Waals surface area contributed by atoms with E-state index in [1.165, 1.54) is 0 Å². The summed E-state index contributed by atoms with van der Waals surface area (Å²) in [5, 5.41) is 3.04. The molecule has 4 amide bonds. The number of piperazine rings is 1. The summed E-state index contributed by atoms with van der Waals surface area (Å²) in [6, 6.07) is 8.44. The summed E-state index contributed by atoms with van der Waals surface area (Å²) in [7, 11) is 1.77. The third-order valence-electron chi connectivity index (χ3n) is 9.02. The fourth-order valence-electron chi connectivity index (χ4n) is 6.60. The Labute approximate surface area is 225 Å². The van der Waals surface area contributed by atoms with Gasteiger partial charge in [0.15, 0.2) is 0 Å². The summed E-state index contributed by atoms with van der Waals surface area (Å²) in [6.07, 6.45) is 4.81. The number of nitrogens with zero attached hydrogens (tertiary/aromatic N) is 4. The maximum absolute atomic E-state index is 12.9. The molecule has 3 fully saturated rings. The Morgan fingerprint density at radius 1 is 0.947 bits per heavy atom. The Morgan fingerprint density at radius 2 is 1.58 bits per heavy atom. The number of fused-ring (bicyclic) bond motifs is 1. The van der Waals surface area contributed by atoms with Gasteiger partial charge in [0.2, 0.25) is 11.8 Å². The molecule has 0 bridgehead atoms. The molecule has 1 aromatic rings. The summed E-state index contributed by atoms with van der Waals surface area (Å²) in [4.78, 5) is 50.3. The Balaban J connectivity index is 1.04. The molecule has 4 aliphatic rings. The Bertz CT molecular complexity index is 997. The number of likely N-dealkylation sites (tertiary alicyclic amines) is 1. The first-order chi connectivity index (χ1) is 18.5. The van der Waals surface area contributed by atoms with Crippen LogP contribution in [0.15, 0.2) is 24.3 Å². The number of anilines is 1. The summed E-state index contributed by atoms with van der Waals surface area (Å²) in [5.41, 5.74) is 2.05. The number of piperidine rings is 1. The maximum atomic E-state index is 12.9. The number of hydrogen-bond acceptors (Lipinski definition) is 5. The number of rotatable bonds is 6. The molecule has 4 aliphatic heterocycles. The van der Waals surface area contributed by atoms with Crippen LogP contribution in [0.4, 0.5) is 10.5 Å². The molecular formula is C28H42N5O5+. The van der Waals surface area contributed by atoms with Gasteiger partial charge in [0.25, 0.3) is 0 Å². The molecule has 0 spiro atoms. The third kappa shape index (κ3) is 5.82. The highest BCUT2D eigenvalue weighted by molar-refractivity contribution is 5.91. The lowest BCUT2D eigenvalue weighted by Gasteiger charge is -2.46. The molecule has 0 atom stereocenters. The smallest absolute Gasteiger partial charge is 0.322 e. The first-order valence-electron chi connectivity index (χ1n) is 14.2. The van der Waals surface area contributed by atoms with E-state index in [-0.39, 0.29) is 36.7 Å². The van der Waals surface area contributed by atoms with Gasteiger partial charge < -0.3 is 24.8 Å². The third-order valence-corrected chi connectivity index (χ3v) is 9.02. The van der Waals surface area contributed by atoms with E-state index in [2.05, 4.69) is 11.4 Å². The van der Waals surface area contributed by atoms with E-state index in [4.69, 9.17) is 9.57 Å². The second-order valence-corrected chi connectivity index (χ2v) is 10.9. The fraction of sp³-hybridized carbons (Fsp3) is 0.679. The van der Waals surface area contributed by atoms with E-state index in [1.807, 2.05) is 32.9 Å². The van der Waals surface area contributed by atoms with Crippen molar-refractivity contribution in [1.29, 1.82) is 0 Å². The lowest BCUT2D eigenvalue weighted by atomic mass is 10.0. The fourth-order valence-corrected chi connectivity index (χ4v) is 6.60. The number of urea groups is 1. The highest BCUT2D eigenvalue weighted by Crippen LogP contribution is 2.27. The van der Waals surface area contributed by atoms with Crippen molar-refractivity contribution in [2.24, 2.45) is 0 Å². The molecule has 3 saturated heterocycles. The average Bonchev–Trinajstić information content (AvgIpc) is 3.14. The second-order valence-electron chi connectivity index (χ2n) is 10.9. The van der Waals surface area contributed by atoms with E-state index in [9.17, 15) is 14.4 Å². The first-order valence-corrected chi connectivity index (χ1v) is 14.2. The summed E-state index contributed by atoms with van der Waals surface area (Å²) in [5.74, 6) is 0.0840. The van der Waals surface area contributed by atoms with Crippen LogP contribution in [-0.2, 0) is 25.6 Å². The molecule has 1 aromatic carbocycles. The zero-order valence-electron chi connectivity index (χ0n) is 22.6. The maximum Gasteiger partial charge on any atom is 0.322 e. The molecule has 0 radical (unpaired) electrons. The van der Waals surface area contributed by atoms with E-state index < -0.39 is 0 Å². The molecule has 5 rings (SSSR count). The van der Waals surface area contributed by atoms with Gasteiger partial charge in [-0.2, -0.15) is 4.65 Å². The largest absolute Gasteiger partial charge is 0.381 e. The van der Waals surface area contributed by atoms with Crippen LogP contribution in [0.1, 0.15) is 44.1 Å². The van der Waals surface area contributed by atoms with E-state index in [0.717, 1.165) is 69.7 Å². The van der Waals surface area contributed by atoms with Crippen molar-refractivity contribution in [2.45, 2.75) is 57.0 Å². The number of amides is 4. The predicted octanol–water partition coefficient (Wildman–Crippen LogP) is 2.25. The molecule has 0 aliphatic carbocycles. The molecular weight excluding hydrogens is 486 g/mol. The number of carbonyl (C=O) groups excluding carboxylic acids is 3. The highest BCUT2D eigenvalue weighted by atomic mass is 16.7. The number of nitrogens with one attached hydrogen (secondary N) is 1. The van der Waals surface area contributed by atoms with Crippen LogP contribution in [0.25, 0.3) is 0 Å². The van der Waals surface area contributed by atoms with Gasteiger partial charge in [-0.1, -0.05) is 18.2 Å². The van der Waals surface area contributed by atoms with Gasteiger partial charge in [0, 0.05) is 57.0 Å². The van der Waals surface area contributed by atoms with Gasteiger partial charge in [0.05, 0.1) is 33.4 Å². The van der Waals surface area contributed by atoms with Gasteiger partial charge in [-0.3, -0.25) is 9.59 Å². The van der Waals surface area contributed by atoms with Crippen LogP contribution in [0.2, 0.25) is 0 Å². The number of ether oxygens (including phenoxy) is 1. The number of benzene rings is 1. The van der Waals surface area contributed by atoms with Crippen molar-refractivity contribution in [3.8, 4) is 0 Å². The van der Waals surface area contributed by atoms with E-state index in [0.29, 0.717) is 43.4 Å². The minimum Gasteiger partial charge on any atom is -0.381 e. The van der Waals surface area contributed by atoms with Crippen molar-refractivity contribution in [1.82, 2.24) is 14.7 Å². The minimum atomic E-state index is -0.0558. The van der Waals surface area contributed by atoms with E-state index >= 15 is 0 Å². The zero-order chi connectivity index (χ0) is 26.5. The van der Waals surface area contributed by atoms with Crippen LogP contribution >= 0.6 is 0 Å². The molecule has 0 aromatic heterocycles. The van der Waals surface area contributed by atoms with Crippen LogP contribution in [0.5, 0.6) is 0 Å². The molecule has 4 heterocycles. The summed E-state index contributed by atoms with van der Waals surface area (Å²) < 4.78 is 6.12. The molecule has 0 unspecified atom stereocenters. The molecule has 208 valence electrons. The van der Waals surface area contributed by atoms with Gasteiger partial charge in [-0.15, -0.1) is 0 Å². The van der Waals surface area contributed by atoms with Gasteiger partial charge in [0.1, 0.15) is 19.1 Å². The minimum absolute atomic E-state index is 0.0331. The van der Waals surface area contributed by atoms with Crippen molar-refractivity contribution >= 4 is 23.5 Å². The normalized spacial score (nSPS) is 23.0. The van der Waals surface area contributed by atoms with Crippen LogP contribution in [0, 0.1) is 0 Å². The monoisotopic (exact) mass is 528 g/mol. The second kappa shape index (κ2) is 12.0. The Morgan fingerprint density at radius 3 is 2.24 bits per heavy atom. The van der Waals surface area contributed by atoms with Gasteiger partial charge >= 0.3 is 6.03 Å². The molecule has 1 N–H and O–H groups in total. The van der Waals surface area contributed by atoms with Gasteiger partial charge in [-0.05, 0) is 30.9 Å². The molecule has 10 nitrogen and oxygen atoms in total. The summed E-state index contributed by atoms with van der Waals surface area (Å²) in [6.45, 7) is 6.35. The van der Waals surface area contributed by atoms with Crippen molar-refractivity contribution in [2.75, 3.05) is 71.5 Å².